The van der Waals surface area contributed by atoms with Gasteiger partial charge in [0.1, 0.15) is 0 Å². The van der Waals surface area contributed by atoms with Crippen molar-refractivity contribution in [1.82, 2.24) is 0 Å². The average molecular weight is 1290 g/mol. The molecule has 0 bridgehead atoms. The summed E-state index contributed by atoms with van der Waals surface area (Å²) in [5.41, 5.74) is 0. The SMILES string of the molecule is O=C([O-])c1cc(Br)cs1.O=C([O-])c1cc(Br)cs1.O=C([O-])c1cc(Br)cs1.O=C([O-])c1cc(Br)cs1.O=C([O-])c1cc(Br)cs1.O=C([O-])c1cc(Br)cs1.[Cr+6]. The molecule has 0 radical (unpaired) electrons. The van der Waals surface area contributed by atoms with Crippen LogP contribution in [-0.4, -0.2) is 35.8 Å². The van der Waals surface area contributed by atoms with Gasteiger partial charge >= 0.3 is 17.4 Å². The maximum atomic E-state index is 10.1. The molecule has 0 aliphatic carbocycles. The minimum atomic E-state index is -1.12. The van der Waals surface area contributed by atoms with Crippen LogP contribution in [0.1, 0.15) is 58.0 Å². The van der Waals surface area contributed by atoms with Crippen LogP contribution in [0.3, 0.4) is 0 Å². The molecule has 0 unspecified atom stereocenters. The predicted octanol–water partition coefficient (Wildman–Crippen LogP) is 5.24. The molecule has 0 fully saturated rings. The molecule has 12 nitrogen and oxygen atoms in total. The molecule has 25 heteroatoms. The Morgan fingerprint density at radius 3 is 0.455 bits per heavy atom. The molecule has 0 atom stereocenters. The van der Waals surface area contributed by atoms with E-state index in [1.54, 1.807) is 32.3 Å². The third-order valence-corrected chi connectivity index (χ3v) is 14.6. The number of carbonyl (C=O) groups is 6. The van der Waals surface area contributed by atoms with Gasteiger partial charge in [-0.05, 0) is 132 Å². The number of carbonyl (C=O) groups excluding carboxylic acids is 6. The first-order valence-corrected chi connectivity index (χ1v) is 23.0. The fraction of sp³-hybridized carbons (Fsp3) is 0. The minimum absolute atomic E-state index is 0. The maximum Gasteiger partial charge on any atom is 6.00 e. The van der Waals surface area contributed by atoms with Gasteiger partial charge in [-0.2, -0.15) is 0 Å². The molecule has 6 aromatic heterocycles. The number of rotatable bonds is 6. The van der Waals surface area contributed by atoms with Crippen LogP contribution in [-0.2, 0) is 17.4 Å². The van der Waals surface area contributed by atoms with Crippen molar-refractivity contribution in [3.05, 3.63) is 125 Å². The number of hydrogen-bond donors (Lipinski definition) is 0. The quantitative estimate of drug-likeness (QED) is 0.208. The predicted molar refractivity (Wildman–Crippen MR) is 218 cm³/mol. The van der Waals surface area contributed by atoms with Gasteiger partial charge in [0.05, 0.1) is 65.1 Å². The fourth-order valence-corrected chi connectivity index (χ4v) is 10.1. The standard InChI is InChI=1S/6C5H3BrO2S.Cr/c6*6-3-1-4(5(7)8)9-2-3;/h6*1-2H,(H,7,8);/q;;;;;;+6/p-6. The average Bonchev–Trinajstić information content (AvgIpc) is 3.93. The Bertz CT molecular complexity index is 1780. The number of hydrogen-bond acceptors (Lipinski definition) is 18. The van der Waals surface area contributed by atoms with Gasteiger partial charge in [-0.1, -0.05) is 0 Å². The van der Waals surface area contributed by atoms with Crippen LogP contribution in [0.15, 0.2) is 95.5 Å². The van der Waals surface area contributed by atoms with E-state index in [1.165, 1.54) is 36.4 Å². The summed E-state index contributed by atoms with van der Waals surface area (Å²) in [6, 6.07) is 9.08. The van der Waals surface area contributed by atoms with Crippen LogP contribution < -0.4 is 30.6 Å². The first-order chi connectivity index (χ1) is 25.2. The van der Waals surface area contributed by atoms with Crippen molar-refractivity contribution in [2.24, 2.45) is 0 Å². The van der Waals surface area contributed by atoms with E-state index in [1.807, 2.05) is 0 Å². The van der Waals surface area contributed by atoms with E-state index in [-0.39, 0.29) is 46.6 Å². The summed E-state index contributed by atoms with van der Waals surface area (Å²) in [6.07, 6.45) is 0. The van der Waals surface area contributed by atoms with Crippen molar-refractivity contribution in [1.29, 1.82) is 0 Å². The van der Waals surface area contributed by atoms with Gasteiger partial charge in [-0.15, -0.1) is 68.0 Å². The van der Waals surface area contributed by atoms with Crippen LogP contribution in [0.4, 0.5) is 0 Å². The second kappa shape index (κ2) is 28.0. The summed E-state index contributed by atoms with van der Waals surface area (Å²) in [5.74, 6) is -6.72. The van der Waals surface area contributed by atoms with E-state index in [0.717, 1.165) is 94.9 Å². The fourth-order valence-electron chi connectivity index (χ4n) is 2.52. The molecule has 0 aliphatic heterocycles. The van der Waals surface area contributed by atoms with Crippen molar-refractivity contribution in [3.8, 4) is 0 Å². The van der Waals surface area contributed by atoms with Crippen LogP contribution in [0.5, 0.6) is 0 Å². The monoisotopic (exact) mass is 1280 g/mol. The molecule has 6 aromatic rings. The van der Waals surface area contributed by atoms with E-state index in [9.17, 15) is 59.4 Å². The summed E-state index contributed by atoms with van der Waals surface area (Å²) in [7, 11) is 0. The molecular formula is C30H12Br6CrO12S6. The van der Waals surface area contributed by atoms with E-state index in [2.05, 4.69) is 95.6 Å². The van der Waals surface area contributed by atoms with Crippen molar-refractivity contribution in [2.75, 3.05) is 0 Å². The van der Waals surface area contributed by atoms with Crippen molar-refractivity contribution in [3.63, 3.8) is 0 Å². The van der Waals surface area contributed by atoms with E-state index < -0.39 is 35.8 Å². The van der Waals surface area contributed by atoms with E-state index >= 15 is 0 Å². The maximum absolute atomic E-state index is 10.1. The number of aromatic carboxylic acids is 6. The largest absolute Gasteiger partial charge is 6.00 e. The molecule has 0 amide bonds. The molecule has 0 saturated carbocycles. The van der Waals surface area contributed by atoms with Crippen molar-refractivity contribution in [2.45, 2.75) is 0 Å². The van der Waals surface area contributed by atoms with Gasteiger partial charge in [0.2, 0.25) is 0 Å². The summed E-state index contributed by atoms with van der Waals surface area (Å²) in [4.78, 5) is 62.1. The van der Waals surface area contributed by atoms with Crippen molar-refractivity contribution < 1.29 is 76.8 Å². The zero-order chi connectivity index (χ0) is 41.1. The normalized spacial score (nSPS) is 9.27. The third kappa shape index (κ3) is 22.8. The number of halogens is 6. The van der Waals surface area contributed by atoms with Gasteiger partial charge in [-0.3, -0.25) is 0 Å². The minimum Gasteiger partial charge on any atom is -0.544 e. The van der Waals surface area contributed by atoms with Crippen LogP contribution >= 0.6 is 164 Å². The van der Waals surface area contributed by atoms with Crippen molar-refractivity contribution >= 4 is 199 Å². The molecule has 0 spiro atoms. The molecule has 0 aliphatic rings. The summed E-state index contributed by atoms with van der Waals surface area (Å²) < 4.78 is 4.70. The smallest absolute Gasteiger partial charge is 0.544 e. The Balaban J connectivity index is 0.000000634. The number of carboxylic acids is 6. The molecule has 55 heavy (non-hydrogen) atoms. The Morgan fingerprint density at radius 1 is 0.309 bits per heavy atom. The van der Waals surface area contributed by atoms with E-state index in [4.69, 9.17) is 0 Å². The Morgan fingerprint density at radius 2 is 0.418 bits per heavy atom. The third-order valence-electron chi connectivity index (χ3n) is 4.61. The van der Waals surface area contributed by atoms with Gasteiger partial charge in [0, 0.05) is 59.1 Å². The first-order valence-electron chi connectivity index (χ1n) is 12.9. The second-order valence-corrected chi connectivity index (χ2v) is 19.5. The molecule has 6 heterocycles. The number of thiophene rings is 6. The Labute approximate surface area is 396 Å². The van der Waals surface area contributed by atoms with Gasteiger partial charge in [-0.25, -0.2) is 0 Å². The zero-order valence-corrected chi connectivity index (χ0v) is 41.6. The van der Waals surface area contributed by atoms with Gasteiger partial charge in [0.25, 0.3) is 0 Å². The zero-order valence-electron chi connectivity index (χ0n) is 26.0. The molecule has 6 rings (SSSR count). The molecule has 0 aromatic carbocycles. The summed E-state index contributed by atoms with van der Waals surface area (Å²) in [5, 5.41) is 70.8. The molecular weight excluding hydrogens is 1280 g/mol. The van der Waals surface area contributed by atoms with Crippen LogP contribution in [0.25, 0.3) is 0 Å². The Kier molecular flexibility index (Phi) is 27.2. The molecule has 0 saturated heterocycles. The van der Waals surface area contributed by atoms with Gasteiger partial charge in [0.15, 0.2) is 0 Å². The molecule has 0 N–H and O–H groups in total. The number of carboxylic acid groups (broad SMARTS) is 6. The summed E-state index contributed by atoms with van der Waals surface area (Å²) in [6.45, 7) is 0. The molecule has 288 valence electrons. The topological polar surface area (TPSA) is 241 Å². The van der Waals surface area contributed by atoms with Gasteiger partial charge < -0.3 is 59.4 Å². The van der Waals surface area contributed by atoms with E-state index in [0.29, 0.717) is 0 Å². The summed E-state index contributed by atoms with van der Waals surface area (Å²) >= 11 is 25.6. The second-order valence-electron chi connectivity index (χ2n) is 8.50. The van der Waals surface area contributed by atoms with Crippen LogP contribution in [0, 0.1) is 0 Å². The Hall–Kier alpha value is -1.57. The van der Waals surface area contributed by atoms with Crippen LogP contribution in [0.2, 0.25) is 0 Å². The first kappa shape index (κ1) is 53.4.